The van der Waals surface area contributed by atoms with Crippen molar-refractivity contribution in [3.05, 3.63) is 12.7 Å². The van der Waals surface area contributed by atoms with E-state index in [1.807, 2.05) is 11.0 Å². The molecule has 2 unspecified atom stereocenters. The Balaban J connectivity index is 2.30. The van der Waals surface area contributed by atoms with E-state index in [1.165, 1.54) is 7.11 Å². The summed E-state index contributed by atoms with van der Waals surface area (Å²) in [7, 11) is 3.94. The number of amides is 1. The summed E-state index contributed by atoms with van der Waals surface area (Å²) < 4.78 is 4.98. The number of allylic oxidation sites excluding steroid dienone is 1. The number of nitrogens with two attached hydrogens (primary N) is 1. The molecule has 1 aliphatic heterocycles. The summed E-state index contributed by atoms with van der Waals surface area (Å²) in [6, 6.07) is 0. The highest BCUT2D eigenvalue weighted by molar-refractivity contribution is 8.13. The standard InChI is InChI=1S/C16H28N2O3P2/c1-4-10-8-11-9-12(23(3)22)18(7-5-6-17)15(19)13(11)14(10)16(20)21-2/h4,10-14H,1,5-9,17,22H2,2-3H3/t10-,11-,12-,13+,14-,23?/m1/s1. The van der Waals surface area contributed by atoms with Crippen LogP contribution in [0.5, 0.6) is 0 Å². The second-order valence-electron chi connectivity index (χ2n) is 6.53. The maximum Gasteiger partial charge on any atom is 0.310 e. The molecule has 0 radical (unpaired) electrons. The van der Waals surface area contributed by atoms with Gasteiger partial charge in [0.25, 0.3) is 0 Å². The Morgan fingerprint density at radius 1 is 1.57 bits per heavy atom. The lowest BCUT2D eigenvalue weighted by Gasteiger charge is -2.44. The Labute approximate surface area is 142 Å². The number of piperidine rings is 1. The molecular formula is C16H28N2O3P2. The number of nitrogens with zero attached hydrogens (tertiary/aromatic N) is 1. The van der Waals surface area contributed by atoms with Crippen LogP contribution in [0.4, 0.5) is 0 Å². The number of hydrogen-bond acceptors (Lipinski definition) is 4. The summed E-state index contributed by atoms with van der Waals surface area (Å²) in [5, 5.41) is 0. The molecular weight excluding hydrogens is 330 g/mol. The fraction of sp³-hybridized carbons (Fsp3) is 0.750. The lowest BCUT2D eigenvalue weighted by molar-refractivity contribution is -0.156. The molecule has 0 spiro atoms. The number of fused-ring (bicyclic) bond motifs is 1. The third kappa shape index (κ3) is 3.62. The zero-order valence-electron chi connectivity index (χ0n) is 14.0. The van der Waals surface area contributed by atoms with Crippen LogP contribution in [0.2, 0.25) is 0 Å². The number of ether oxygens (including phenoxy) is 1. The minimum atomic E-state index is -0.385. The molecule has 1 amide bonds. The van der Waals surface area contributed by atoms with Gasteiger partial charge in [0, 0.05) is 6.54 Å². The van der Waals surface area contributed by atoms with Crippen LogP contribution in [-0.4, -0.2) is 49.4 Å². The van der Waals surface area contributed by atoms with Crippen LogP contribution < -0.4 is 5.73 Å². The van der Waals surface area contributed by atoms with E-state index in [4.69, 9.17) is 10.5 Å². The fourth-order valence-electron chi connectivity index (χ4n) is 4.14. The molecule has 0 aromatic heterocycles. The molecule has 2 aliphatic rings. The van der Waals surface area contributed by atoms with Crippen LogP contribution in [0.1, 0.15) is 19.3 Å². The smallest absolute Gasteiger partial charge is 0.310 e. The third-order valence-corrected chi connectivity index (χ3v) is 7.68. The highest BCUT2D eigenvalue weighted by Crippen LogP contribution is 2.57. The van der Waals surface area contributed by atoms with Gasteiger partial charge in [-0.2, -0.15) is 0 Å². The van der Waals surface area contributed by atoms with Gasteiger partial charge in [0.2, 0.25) is 5.91 Å². The van der Waals surface area contributed by atoms with Gasteiger partial charge in [0.1, 0.15) is 0 Å². The Morgan fingerprint density at radius 3 is 2.78 bits per heavy atom. The zero-order valence-corrected chi connectivity index (χ0v) is 16.0. The molecule has 2 N–H and O–H groups in total. The molecule has 1 saturated heterocycles. The molecule has 130 valence electrons. The van der Waals surface area contributed by atoms with E-state index in [1.54, 1.807) is 0 Å². The Bertz CT molecular complexity index is 472. The average molecular weight is 358 g/mol. The number of carbonyl (C=O) groups is 2. The van der Waals surface area contributed by atoms with Crippen LogP contribution in [0.15, 0.2) is 12.7 Å². The molecule has 0 aromatic carbocycles. The molecule has 7 atom stereocenters. The van der Waals surface area contributed by atoms with Crippen molar-refractivity contribution in [2.45, 2.75) is 25.0 Å². The van der Waals surface area contributed by atoms with Gasteiger partial charge in [-0.3, -0.25) is 9.59 Å². The molecule has 23 heavy (non-hydrogen) atoms. The minimum absolute atomic E-state index is 0.0316. The van der Waals surface area contributed by atoms with Crippen molar-refractivity contribution < 1.29 is 14.3 Å². The SMILES string of the molecule is C=C[C@@H]1C[C@@H]2C[C@@H](P(C)P)N(CCCN)C(=O)[C@@H]2[C@@H]1C(=O)OC. The summed E-state index contributed by atoms with van der Waals surface area (Å²) in [5.41, 5.74) is 5.63. The van der Waals surface area contributed by atoms with Crippen LogP contribution in [0.25, 0.3) is 0 Å². The predicted octanol–water partition coefficient (Wildman–Crippen LogP) is 2.02. The summed E-state index contributed by atoms with van der Waals surface area (Å²) in [6.45, 7) is 7.30. The fourth-order valence-corrected chi connectivity index (χ4v) is 6.26. The van der Waals surface area contributed by atoms with E-state index < -0.39 is 0 Å². The number of methoxy groups -OCH3 is 1. The maximum absolute atomic E-state index is 13.2. The van der Waals surface area contributed by atoms with Crippen molar-refractivity contribution in [3.63, 3.8) is 0 Å². The van der Waals surface area contributed by atoms with Gasteiger partial charge in [-0.15, -0.1) is 15.5 Å². The van der Waals surface area contributed by atoms with Crippen molar-refractivity contribution in [2.75, 3.05) is 26.9 Å². The topological polar surface area (TPSA) is 72.6 Å². The van der Waals surface area contributed by atoms with Crippen molar-refractivity contribution in [1.82, 2.24) is 4.90 Å². The van der Waals surface area contributed by atoms with Crippen LogP contribution >= 0.6 is 16.5 Å². The van der Waals surface area contributed by atoms with Crippen LogP contribution in [0, 0.1) is 23.7 Å². The Hall–Kier alpha value is -0.500. The average Bonchev–Trinajstić information content (AvgIpc) is 2.91. The monoisotopic (exact) mass is 358 g/mol. The molecule has 7 heteroatoms. The predicted molar refractivity (Wildman–Crippen MR) is 97.1 cm³/mol. The lowest BCUT2D eigenvalue weighted by atomic mass is 9.82. The summed E-state index contributed by atoms with van der Waals surface area (Å²) in [5.74, 6) is -0.280. The molecule has 1 heterocycles. The molecule has 0 bridgehead atoms. The van der Waals surface area contributed by atoms with Crippen LogP contribution in [-0.2, 0) is 14.3 Å². The lowest BCUT2D eigenvalue weighted by Crippen LogP contribution is -2.52. The van der Waals surface area contributed by atoms with Crippen molar-refractivity contribution in [2.24, 2.45) is 29.4 Å². The Morgan fingerprint density at radius 2 is 2.26 bits per heavy atom. The third-order valence-electron chi connectivity index (χ3n) is 5.22. The first-order chi connectivity index (χ1) is 11.0. The van der Waals surface area contributed by atoms with Gasteiger partial charge in [-0.25, -0.2) is 0 Å². The van der Waals surface area contributed by atoms with E-state index >= 15 is 0 Å². The van der Waals surface area contributed by atoms with Gasteiger partial charge in [0.15, 0.2) is 0 Å². The van der Waals surface area contributed by atoms with Gasteiger partial charge in [0.05, 0.1) is 24.7 Å². The van der Waals surface area contributed by atoms with Gasteiger partial charge >= 0.3 is 5.97 Å². The van der Waals surface area contributed by atoms with Gasteiger partial charge in [-0.1, -0.05) is 13.7 Å². The number of hydrogen-bond donors (Lipinski definition) is 1. The molecule has 2 rings (SSSR count). The first-order valence-electron chi connectivity index (χ1n) is 8.14. The van der Waals surface area contributed by atoms with E-state index in [0.29, 0.717) is 13.1 Å². The first-order valence-corrected chi connectivity index (χ1v) is 11.6. The van der Waals surface area contributed by atoms with Gasteiger partial charge in [-0.05, 0) is 44.3 Å². The second-order valence-corrected chi connectivity index (χ2v) is 10.9. The highest BCUT2D eigenvalue weighted by Gasteiger charge is 2.55. The Kier molecular flexibility index (Phi) is 6.59. The highest BCUT2D eigenvalue weighted by atomic mass is 32.0. The van der Waals surface area contributed by atoms with Gasteiger partial charge < -0.3 is 15.4 Å². The van der Waals surface area contributed by atoms with Crippen molar-refractivity contribution >= 4 is 28.4 Å². The maximum atomic E-state index is 13.2. The first kappa shape index (κ1) is 18.8. The van der Waals surface area contributed by atoms with E-state index in [-0.39, 0.29) is 48.9 Å². The van der Waals surface area contributed by atoms with E-state index in [9.17, 15) is 9.59 Å². The zero-order chi connectivity index (χ0) is 17.1. The molecule has 5 nitrogen and oxygen atoms in total. The normalized spacial score (nSPS) is 34.9. The van der Waals surface area contributed by atoms with Crippen LogP contribution in [0.3, 0.4) is 0 Å². The minimum Gasteiger partial charge on any atom is -0.469 e. The second kappa shape index (κ2) is 8.05. The molecule has 1 saturated carbocycles. The van der Waals surface area contributed by atoms with Crippen molar-refractivity contribution in [1.29, 1.82) is 0 Å². The number of esters is 1. The quantitative estimate of drug-likeness (QED) is 0.448. The number of rotatable bonds is 6. The van der Waals surface area contributed by atoms with E-state index in [2.05, 4.69) is 22.2 Å². The van der Waals surface area contributed by atoms with Crippen molar-refractivity contribution in [3.8, 4) is 0 Å². The summed E-state index contributed by atoms with van der Waals surface area (Å²) in [6.07, 6.45) is 4.43. The number of carbonyl (C=O) groups excluding carboxylic acids is 2. The molecule has 2 fully saturated rings. The summed E-state index contributed by atoms with van der Waals surface area (Å²) >= 11 is 0. The van der Waals surface area contributed by atoms with E-state index in [0.717, 1.165) is 19.3 Å². The molecule has 0 aromatic rings. The largest absolute Gasteiger partial charge is 0.469 e. The summed E-state index contributed by atoms with van der Waals surface area (Å²) in [4.78, 5) is 27.4. The number of likely N-dealkylation sites (tertiary alicyclic amines) is 1. The molecule has 1 aliphatic carbocycles.